The second-order valence-corrected chi connectivity index (χ2v) is 9.50. The van der Waals surface area contributed by atoms with Gasteiger partial charge in [0.1, 0.15) is 13.2 Å². The van der Waals surface area contributed by atoms with Crippen molar-refractivity contribution < 1.29 is 9.05 Å². The van der Waals surface area contributed by atoms with E-state index in [0.717, 1.165) is 38.1 Å². The Hall–Kier alpha value is 0.270. The van der Waals surface area contributed by atoms with Gasteiger partial charge in [-0.2, -0.15) is 9.05 Å². The van der Waals surface area contributed by atoms with E-state index in [1.54, 1.807) is 0 Å². The molecule has 3 saturated heterocycles. The SMILES string of the molecule is CC(C)C[C@H]1CO[P+]23OC[C@H](CC(C)C)N2CCN13. The molecule has 0 aromatic rings. The summed E-state index contributed by atoms with van der Waals surface area (Å²) in [6, 6.07) is 1.16. The lowest BCUT2D eigenvalue weighted by Gasteiger charge is -2.22. The molecule has 0 aromatic carbocycles. The van der Waals surface area contributed by atoms with Crippen LogP contribution in [0.2, 0.25) is 0 Å². The van der Waals surface area contributed by atoms with Gasteiger partial charge in [-0.15, -0.1) is 9.34 Å². The average molecular weight is 287 g/mol. The standard InChI is InChI=1S/C14H28N2O2P/c1-11(2)7-13-9-17-19-15(13)5-6-16(19)14(10-18-19)8-12(3)4/h11-14H,5-10H2,1-4H3/q+1/t13-,14-,19?/m0/s1. The van der Waals surface area contributed by atoms with Crippen LogP contribution < -0.4 is 0 Å². The molecule has 0 radical (unpaired) electrons. The van der Waals surface area contributed by atoms with E-state index in [1.165, 1.54) is 12.8 Å². The van der Waals surface area contributed by atoms with E-state index < -0.39 is 8.02 Å². The molecule has 0 aromatic heterocycles. The Morgan fingerprint density at radius 3 is 1.68 bits per heavy atom. The van der Waals surface area contributed by atoms with Crippen molar-refractivity contribution in [3.8, 4) is 0 Å². The molecule has 3 rings (SSSR count). The van der Waals surface area contributed by atoms with Crippen molar-refractivity contribution in [1.29, 1.82) is 0 Å². The van der Waals surface area contributed by atoms with Crippen LogP contribution in [0, 0.1) is 11.8 Å². The van der Waals surface area contributed by atoms with Crippen LogP contribution in [0.25, 0.3) is 0 Å². The monoisotopic (exact) mass is 287 g/mol. The van der Waals surface area contributed by atoms with Gasteiger partial charge in [0.25, 0.3) is 0 Å². The molecule has 110 valence electrons. The molecule has 1 spiro atoms. The van der Waals surface area contributed by atoms with E-state index in [2.05, 4.69) is 37.0 Å². The number of hydrogen-bond acceptors (Lipinski definition) is 4. The smallest absolute Gasteiger partial charge is 0.170 e. The molecule has 19 heavy (non-hydrogen) atoms. The van der Waals surface area contributed by atoms with Crippen molar-refractivity contribution in [1.82, 2.24) is 9.34 Å². The summed E-state index contributed by atoms with van der Waals surface area (Å²) in [6.45, 7) is 13.2. The van der Waals surface area contributed by atoms with Gasteiger partial charge in [-0.05, 0) is 24.7 Å². The van der Waals surface area contributed by atoms with E-state index in [-0.39, 0.29) is 0 Å². The molecule has 4 nitrogen and oxygen atoms in total. The Bertz CT molecular complexity index is 305. The lowest BCUT2D eigenvalue weighted by molar-refractivity contribution is 0.242. The quantitative estimate of drug-likeness (QED) is 0.742. The minimum atomic E-state index is -1.83. The zero-order chi connectivity index (χ0) is 13.6. The number of hydrogen-bond donors (Lipinski definition) is 0. The molecule has 3 heterocycles. The Morgan fingerprint density at radius 2 is 1.32 bits per heavy atom. The van der Waals surface area contributed by atoms with Crippen LogP contribution in [0.4, 0.5) is 0 Å². The van der Waals surface area contributed by atoms with Gasteiger partial charge in [0, 0.05) is 0 Å². The predicted molar refractivity (Wildman–Crippen MR) is 78.7 cm³/mol. The highest BCUT2D eigenvalue weighted by Crippen LogP contribution is 2.77. The fourth-order valence-electron chi connectivity index (χ4n) is 3.72. The topological polar surface area (TPSA) is 24.9 Å². The first-order valence-corrected chi connectivity index (χ1v) is 9.28. The molecule has 0 aliphatic carbocycles. The van der Waals surface area contributed by atoms with Crippen molar-refractivity contribution >= 4 is 8.02 Å². The van der Waals surface area contributed by atoms with Gasteiger partial charge in [-0.25, -0.2) is 0 Å². The first-order chi connectivity index (χ1) is 9.03. The maximum Gasteiger partial charge on any atom is 0.437 e. The third-order valence-electron chi connectivity index (χ3n) is 4.41. The largest absolute Gasteiger partial charge is 0.437 e. The van der Waals surface area contributed by atoms with Crippen LogP contribution in [0.15, 0.2) is 0 Å². The third-order valence-corrected chi connectivity index (χ3v) is 7.73. The third kappa shape index (κ3) is 2.36. The van der Waals surface area contributed by atoms with Gasteiger partial charge in [-0.3, -0.25) is 0 Å². The molecular weight excluding hydrogens is 259 g/mol. The van der Waals surface area contributed by atoms with Crippen LogP contribution >= 0.6 is 8.02 Å². The number of nitrogens with zero attached hydrogens (tertiary/aromatic N) is 2. The first-order valence-electron chi connectivity index (χ1n) is 7.75. The van der Waals surface area contributed by atoms with Crippen molar-refractivity contribution in [3.05, 3.63) is 0 Å². The summed E-state index contributed by atoms with van der Waals surface area (Å²) in [6.07, 6.45) is 2.46. The molecule has 2 atom stereocenters. The Kier molecular flexibility index (Phi) is 3.92. The normalized spacial score (nSPS) is 34.4. The highest BCUT2D eigenvalue weighted by Gasteiger charge is 2.72. The second kappa shape index (κ2) is 5.23. The molecule has 0 amide bonds. The minimum absolute atomic E-state index is 0.580. The molecule has 3 aliphatic heterocycles. The highest BCUT2D eigenvalue weighted by molar-refractivity contribution is 7.62. The number of rotatable bonds is 4. The molecule has 0 unspecified atom stereocenters. The van der Waals surface area contributed by atoms with Crippen LogP contribution in [0.3, 0.4) is 0 Å². The average Bonchev–Trinajstić information content (AvgIpc) is 2.91. The van der Waals surface area contributed by atoms with E-state index in [0.29, 0.717) is 12.1 Å². The zero-order valence-electron chi connectivity index (χ0n) is 12.7. The van der Waals surface area contributed by atoms with E-state index >= 15 is 0 Å². The van der Waals surface area contributed by atoms with Gasteiger partial charge in [0.05, 0.1) is 25.2 Å². The Balaban J connectivity index is 1.72. The summed E-state index contributed by atoms with van der Waals surface area (Å²) in [7, 11) is -1.83. The maximum absolute atomic E-state index is 6.25. The molecule has 0 N–H and O–H groups in total. The van der Waals surface area contributed by atoms with Crippen molar-refractivity contribution in [2.24, 2.45) is 11.8 Å². The highest BCUT2D eigenvalue weighted by atomic mass is 31.2. The van der Waals surface area contributed by atoms with Crippen LogP contribution in [0.1, 0.15) is 40.5 Å². The first kappa shape index (κ1) is 14.2. The molecule has 3 aliphatic rings. The molecule has 3 fully saturated rings. The molecule has 5 heteroatoms. The Morgan fingerprint density at radius 1 is 0.895 bits per heavy atom. The van der Waals surface area contributed by atoms with Crippen LogP contribution in [-0.4, -0.2) is 47.7 Å². The molecule has 0 bridgehead atoms. The van der Waals surface area contributed by atoms with Gasteiger partial charge >= 0.3 is 8.02 Å². The summed E-state index contributed by atoms with van der Waals surface area (Å²) in [5.41, 5.74) is 0. The maximum atomic E-state index is 6.25. The van der Waals surface area contributed by atoms with Crippen LogP contribution in [0.5, 0.6) is 0 Å². The molecular formula is C14H28N2O2P+. The summed E-state index contributed by atoms with van der Waals surface area (Å²) in [5.74, 6) is 1.46. The van der Waals surface area contributed by atoms with E-state index in [4.69, 9.17) is 9.05 Å². The molecule has 0 saturated carbocycles. The van der Waals surface area contributed by atoms with Gasteiger partial charge in [0.2, 0.25) is 0 Å². The summed E-state index contributed by atoms with van der Waals surface area (Å²) >= 11 is 0. The fourth-order valence-corrected chi connectivity index (χ4v) is 7.25. The summed E-state index contributed by atoms with van der Waals surface area (Å²) < 4.78 is 17.7. The Labute approximate surface area is 118 Å². The summed E-state index contributed by atoms with van der Waals surface area (Å²) in [4.78, 5) is 0. The van der Waals surface area contributed by atoms with Crippen molar-refractivity contribution in [3.63, 3.8) is 0 Å². The van der Waals surface area contributed by atoms with Crippen molar-refractivity contribution in [2.75, 3.05) is 26.3 Å². The predicted octanol–water partition coefficient (Wildman–Crippen LogP) is 3.17. The zero-order valence-corrected chi connectivity index (χ0v) is 13.6. The van der Waals surface area contributed by atoms with Gasteiger partial charge in [0.15, 0.2) is 0 Å². The second-order valence-electron chi connectivity index (χ2n) is 6.97. The lowest BCUT2D eigenvalue weighted by atomic mass is 10.0. The van der Waals surface area contributed by atoms with Gasteiger partial charge < -0.3 is 0 Å². The van der Waals surface area contributed by atoms with E-state index in [1.807, 2.05) is 0 Å². The van der Waals surface area contributed by atoms with Crippen molar-refractivity contribution in [2.45, 2.75) is 52.6 Å². The van der Waals surface area contributed by atoms with Gasteiger partial charge in [-0.1, -0.05) is 27.7 Å². The van der Waals surface area contributed by atoms with E-state index in [9.17, 15) is 0 Å². The minimum Gasteiger partial charge on any atom is -0.170 e. The fraction of sp³-hybridized carbons (Fsp3) is 1.00. The summed E-state index contributed by atoms with van der Waals surface area (Å²) in [5, 5.41) is 0. The lowest BCUT2D eigenvalue weighted by Crippen LogP contribution is -2.30. The van der Waals surface area contributed by atoms with Crippen LogP contribution in [-0.2, 0) is 9.05 Å².